The summed E-state index contributed by atoms with van der Waals surface area (Å²) in [7, 11) is 2.99. The van der Waals surface area contributed by atoms with E-state index in [2.05, 4.69) is 11.7 Å². The van der Waals surface area contributed by atoms with Crippen molar-refractivity contribution in [2.75, 3.05) is 14.2 Å². The van der Waals surface area contributed by atoms with Crippen LogP contribution >= 0.6 is 0 Å². The lowest BCUT2D eigenvalue weighted by Gasteiger charge is -2.10. The van der Waals surface area contributed by atoms with Crippen LogP contribution in [-0.2, 0) is 11.3 Å². The maximum atomic E-state index is 11.5. The highest BCUT2D eigenvalue weighted by Crippen LogP contribution is 2.28. The van der Waals surface area contributed by atoms with Gasteiger partial charge in [0.2, 0.25) is 5.76 Å². The van der Waals surface area contributed by atoms with Gasteiger partial charge in [0.1, 0.15) is 23.9 Å². The van der Waals surface area contributed by atoms with Crippen LogP contribution in [0.15, 0.2) is 52.9 Å². The number of aryl methyl sites for hydroxylation is 2. The van der Waals surface area contributed by atoms with Gasteiger partial charge in [-0.1, -0.05) is 18.2 Å². The maximum Gasteiger partial charge on any atom is 0.373 e. The van der Waals surface area contributed by atoms with E-state index in [9.17, 15) is 4.79 Å². The van der Waals surface area contributed by atoms with Gasteiger partial charge in [-0.3, -0.25) is 0 Å². The van der Waals surface area contributed by atoms with Crippen molar-refractivity contribution >= 4 is 5.97 Å². The summed E-state index contributed by atoms with van der Waals surface area (Å²) in [6.07, 6.45) is 0. The molecule has 0 bridgehead atoms. The number of carbonyl (C=O) groups excluding carboxylic acids is 1. The minimum absolute atomic E-state index is 0.180. The zero-order valence-electron chi connectivity index (χ0n) is 15.9. The van der Waals surface area contributed by atoms with Gasteiger partial charge in [0.15, 0.2) is 0 Å². The third-order valence-corrected chi connectivity index (χ3v) is 4.40. The summed E-state index contributed by atoms with van der Waals surface area (Å²) in [6.45, 7) is 4.16. The monoisotopic (exact) mass is 366 g/mol. The molecule has 3 rings (SSSR count). The van der Waals surface area contributed by atoms with Crippen LogP contribution in [0, 0.1) is 13.8 Å². The van der Waals surface area contributed by atoms with Gasteiger partial charge >= 0.3 is 5.97 Å². The molecule has 1 aromatic heterocycles. The number of esters is 1. The van der Waals surface area contributed by atoms with Gasteiger partial charge in [0.05, 0.1) is 14.2 Å². The minimum Gasteiger partial charge on any atom is -0.497 e. The van der Waals surface area contributed by atoms with E-state index in [-0.39, 0.29) is 5.76 Å². The van der Waals surface area contributed by atoms with Crippen molar-refractivity contribution in [3.05, 3.63) is 71.2 Å². The smallest absolute Gasteiger partial charge is 0.373 e. The number of rotatable bonds is 6. The Labute approximate surface area is 158 Å². The number of carbonyl (C=O) groups is 1. The molecule has 0 aliphatic heterocycles. The predicted molar refractivity (Wildman–Crippen MR) is 102 cm³/mol. The van der Waals surface area contributed by atoms with Crippen molar-refractivity contribution in [2.45, 2.75) is 20.5 Å². The molecule has 0 saturated carbocycles. The fourth-order valence-electron chi connectivity index (χ4n) is 2.84. The molecule has 27 heavy (non-hydrogen) atoms. The average Bonchev–Trinajstić information content (AvgIpc) is 3.06. The molecule has 5 nitrogen and oxygen atoms in total. The van der Waals surface area contributed by atoms with Crippen molar-refractivity contribution in [3.8, 4) is 22.6 Å². The van der Waals surface area contributed by atoms with Crippen LogP contribution in [-0.4, -0.2) is 20.2 Å². The Kier molecular flexibility index (Phi) is 5.50. The van der Waals surface area contributed by atoms with Gasteiger partial charge in [-0.2, -0.15) is 0 Å². The molecule has 0 amide bonds. The molecule has 0 saturated heterocycles. The van der Waals surface area contributed by atoms with Gasteiger partial charge in [-0.05, 0) is 60.9 Å². The molecule has 3 aromatic rings. The third-order valence-electron chi connectivity index (χ3n) is 4.40. The van der Waals surface area contributed by atoms with Crippen LogP contribution < -0.4 is 9.47 Å². The molecule has 1 heterocycles. The van der Waals surface area contributed by atoms with Crippen molar-refractivity contribution in [1.29, 1.82) is 0 Å². The lowest BCUT2D eigenvalue weighted by molar-refractivity contribution is 0.0563. The summed E-state index contributed by atoms with van der Waals surface area (Å²) >= 11 is 0. The second kappa shape index (κ2) is 7.99. The molecule has 2 aromatic carbocycles. The van der Waals surface area contributed by atoms with Crippen LogP contribution in [0.4, 0.5) is 0 Å². The van der Waals surface area contributed by atoms with Crippen LogP contribution in [0.5, 0.6) is 11.5 Å². The second-order valence-corrected chi connectivity index (χ2v) is 6.18. The zero-order chi connectivity index (χ0) is 19.4. The Balaban J connectivity index is 1.70. The number of hydrogen-bond donors (Lipinski definition) is 0. The van der Waals surface area contributed by atoms with Gasteiger partial charge in [0, 0.05) is 5.56 Å². The van der Waals surface area contributed by atoms with Crippen molar-refractivity contribution < 1.29 is 23.4 Å². The summed E-state index contributed by atoms with van der Waals surface area (Å²) in [5, 5.41) is 0. The number of hydrogen-bond acceptors (Lipinski definition) is 5. The van der Waals surface area contributed by atoms with Crippen LogP contribution in [0.25, 0.3) is 11.1 Å². The number of ether oxygens (including phenoxy) is 3. The van der Waals surface area contributed by atoms with E-state index in [4.69, 9.17) is 13.9 Å². The first-order chi connectivity index (χ1) is 13.0. The number of methoxy groups -OCH3 is 2. The molecule has 5 heteroatoms. The van der Waals surface area contributed by atoms with Gasteiger partial charge < -0.3 is 18.6 Å². The molecule has 0 N–H and O–H groups in total. The zero-order valence-corrected chi connectivity index (χ0v) is 15.9. The average molecular weight is 366 g/mol. The molecule has 0 fully saturated rings. The molecule has 0 aliphatic rings. The van der Waals surface area contributed by atoms with E-state index < -0.39 is 5.97 Å². The van der Waals surface area contributed by atoms with Crippen LogP contribution in [0.2, 0.25) is 0 Å². The van der Waals surface area contributed by atoms with Crippen molar-refractivity contribution in [1.82, 2.24) is 0 Å². The Bertz CT molecular complexity index is 938. The first-order valence-corrected chi connectivity index (χ1v) is 8.57. The van der Waals surface area contributed by atoms with E-state index in [1.807, 2.05) is 42.5 Å². The van der Waals surface area contributed by atoms with Gasteiger partial charge in [-0.15, -0.1) is 0 Å². The fraction of sp³-hybridized carbons (Fsp3) is 0.227. The van der Waals surface area contributed by atoms with Crippen LogP contribution in [0.1, 0.15) is 27.4 Å². The Morgan fingerprint density at radius 2 is 1.67 bits per heavy atom. The molecular formula is C22H22O5. The highest BCUT2D eigenvalue weighted by Gasteiger charge is 2.15. The second-order valence-electron chi connectivity index (χ2n) is 6.18. The van der Waals surface area contributed by atoms with Gasteiger partial charge in [-0.25, -0.2) is 4.79 Å². The quantitative estimate of drug-likeness (QED) is 0.579. The Morgan fingerprint density at radius 1 is 0.963 bits per heavy atom. The molecule has 0 spiro atoms. The predicted octanol–water partition coefficient (Wildman–Crippen LogP) is 4.94. The molecule has 0 atom stereocenters. The minimum atomic E-state index is -0.497. The molecule has 0 unspecified atom stereocenters. The summed E-state index contributed by atoms with van der Waals surface area (Å²) < 4.78 is 21.1. The molecular weight excluding hydrogens is 344 g/mol. The number of benzene rings is 2. The van der Waals surface area contributed by atoms with Crippen molar-refractivity contribution in [3.63, 3.8) is 0 Å². The summed E-state index contributed by atoms with van der Waals surface area (Å²) in [5.74, 6) is 1.91. The van der Waals surface area contributed by atoms with Crippen LogP contribution in [0.3, 0.4) is 0 Å². The van der Waals surface area contributed by atoms with Crippen molar-refractivity contribution in [2.24, 2.45) is 0 Å². The Hall–Kier alpha value is -3.21. The summed E-state index contributed by atoms with van der Waals surface area (Å²) in [6, 6.07) is 15.6. The highest BCUT2D eigenvalue weighted by atomic mass is 16.5. The lowest BCUT2D eigenvalue weighted by atomic mass is 10.0. The molecule has 140 valence electrons. The SMILES string of the molecule is COC(=O)c1cc(COc2ccc(-c3ccc(OC)cc3C)cc2)c(C)o1. The fourth-order valence-corrected chi connectivity index (χ4v) is 2.84. The van der Waals surface area contributed by atoms with E-state index in [0.29, 0.717) is 12.4 Å². The van der Waals surface area contributed by atoms with E-state index >= 15 is 0 Å². The molecule has 0 aliphatic carbocycles. The standard InChI is InChI=1S/C22H22O5/c1-14-11-19(24-3)9-10-20(14)16-5-7-18(8-6-16)26-13-17-12-21(22(23)25-4)27-15(17)2/h5-12H,13H2,1-4H3. The molecule has 0 radical (unpaired) electrons. The summed E-state index contributed by atoms with van der Waals surface area (Å²) in [4.78, 5) is 11.5. The van der Waals surface area contributed by atoms with E-state index in [1.165, 1.54) is 7.11 Å². The largest absolute Gasteiger partial charge is 0.497 e. The number of furan rings is 1. The first-order valence-electron chi connectivity index (χ1n) is 8.57. The Morgan fingerprint density at radius 3 is 2.30 bits per heavy atom. The third kappa shape index (κ3) is 4.14. The lowest BCUT2D eigenvalue weighted by Crippen LogP contribution is -1.99. The summed E-state index contributed by atoms with van der Waals surface area (Å²) in [5.41, 5.74) is 4.21. The normalized spacial score (nSPS) is 10.5. The topological polar surface area (TPSA) is 57.9 Å². The van der Waals surface area contributed by atoms with E-state index in [1.54, 1.807) is 20.1 Å². The first kappa shape index (κ1) is 18.6. The van der Waals surface area contributed by atoms with Gasteiger partial charge in [0.25, 0.3) is 0 Å². The maximum absolute atomic E-state index is 11.5. The van der Waals surface area contributed by atoms with E-state index in [0.717, 1.165) is 33.8 Å². The highest BCUT2D eigenvalue weighted by molar-refractivity contribution is 5.86.